The first-order valence-corrected chi connectivity index (χ1v) is 5.89. The van der Waals surface area contributed by atoms with Crippen LogP contribution in [0.4, 0.5) is 0 Å². The Labute approximate surface area is 91.8 Å². The first-order chi connectivity index (χ1) is 7.00. The van der Waals surface area contributed by atoms with Gasteiger partial charge in [-0.25, -0.2) is 4.79 Å². The lowest BCUT2D eigenvalue weighted by atomic mass is 9.88. The lowest BCUT2D eigenvalue weighted by Crippen LogP contribution is -2.35. The molecule has 1 rings (SSSR count). The zero-order chi connectivity index (χ0) is 11.4. The van der Waals surface area contributed by atoms with Gasteiger partial charge in [0.15, 0.2) is 6.10 Å². The van der Waals surface area contributed by atoms with E-state index in [0.717, 1.165) is 19.3 Å². The molecule has 0 amide bonds. The van der Waals surface area contributed by atoms with Crippen LogP contribution in [0, 0.1) is 11.8 Å². The normalized spacial score (nSPS) is 29.1. The molecule has 1 saturated carbocycles. The summed E-state index contributed by atoms with van der Waals surface area (Å²) in [6.45, 7) is 6.00. The molecule has 88 valence electrons. The van der Waals surface area contributed by atoms with E-state index in [4.69, 9.17) is 9.84 Å². The molecule has 1 fully saturated rings. The standard InChI is InChI=1S/C12H22O3/c1-8(2)11(12(13)14)15-10-6-4-5-9(3)7-10/h8-11H,4-7H2,1-3H3,(H,13,14). The van der Waals surface area contributed by atoms with Crippen molar-refractivity contribution in [3.63, 3.8) is 0 Å². The smallest absolute Gasteiger partial charge is 0.333 e. The minimum absolute atomic E-state index is 0.0414. The van der Waals surface area contributed by atoms with Crippen molar-refractivity contribution in [2.45, 2.75) is 58.7 Å². The van der Waals surface area contributed by atoms with Crippen molar-refractivity contribution in [3.8, 4) is 0 Å². The number of carbonyl (C=O) groups is 1. The summed E-state index contributed by atoms with van der Waals surface area (Å²) in [5.41, 5.74) is 0. The van der Waals surface area contributed by atoms with Crippen LogP contribution in [0.2, 0.25) is 0 Å². The molecule has 15 heavy (non-hydrogen) atoms. The molecule has 3 unspecified atom stereocenters. The molecular formula is C12H22O3. The van der Waals surface area contributed by atoms with Gasteiger partial charge in [0.05, 0.1) is 6.10 Å². The van der Waals surface area contributed by atoms with Gasteiger partial charge in [-0.15, -0.1) is 0 Å². The van der Waals surface area contributed by atoms with E-state index < -0.39 is 12.1 Å². The number of rotatable bonds is 4. The lowest BCUT2D eigenvalue weighted by molar-refractivity contribution is -0.160. The maximum Gasteiger partial charge on any atom is 0.333 e. The third kappa shape index (κ3) is 3.82. The van der Waals surface area contributed by atoms with Gasteiger partial charge in [-0.1, -0.05) is 33.6 Å². The summed E-state index contributed by atoms with van der Waals surface area (Å²) in [7, 11) is 0. The Kier molecular flexibility index (Phi) is 4.58. The van der Waals surface area contributed by atoms with Crippen LogP contribution in [0.3, 0.4) is 0 Å². The first kappa shape index (κ1) is 12.5. The van der Waals surface area contributed by atoms with Crippen LogP contribution in [0.15, 0.2) is 0 Å². The second kappa shape index (κ2) is 5.50. The van der Waals surface area contributed by atoms with E-state index in [1.165, 1.54) is 6.42 Å². The molecule has 0 heterocycles. The fourth-order valence-corrected chi connectivity index (χ4v) is 2.21. The van der Waals surface area contributed by atoms with E-state index in [-0.39, 0.29) is 12.0 Å². The first-order valence-electron chi connectivity index (χ1n) is 5.89. The second-order valence-corrected chi connectivity index (χ2v) is 5.03. The Morgan fingerprint density at radius 2 is 2.07 bits per heavy atom. The van der Waals surface area contributed by atoms with Crippen LogP contribution in [-0.4, -0.2) is 23.3 Å². The van der Waals surface area contributed by atoms with Crippen molar-refractivity contribution in [2.24, 2.45) is 11.8 Å². The van der Waals surface area contributed by atoms with Gasteiger partial charge in [0.1, 0.15) is 0 Å². The second-order valence-electron chi connectivity index (χ2n) is 5.03. The third-order valence-electron chi connectivity index (χ3n) is 3.08. The molecule has 0 saturated heterocycles. The highest BCUT2D eigenvalue weighted by Crippen LogP contribution is 2.27. The molecule has 0 aromatic rings. The number of ether oxygens (including phenoxy) is 1. The topological polar surface area (TPSA) is 46.5 Å². The molecule has 3 heteroatoms. The minimum Gasteiger partial charge on any atom is -0.479 e. The quantitative estimate of drug-likeness (QED) is 0.782. The van der Waals surface area contributed by atoms with Crippen LogP contribution in [-0.2, 0) is 9.53 Å². The number of hydrogen-bond donors (Lipinski definition) is 1. The van der Waals surface area contributed by atoms with Gasteiger partial charge >= 0.3 is 5.97 Å². The highest BCUT2D eigenvalue weighted by molar-refractivity contribution is 5.72. The van der Waals surface area contributed by atoms with Crippen molar-refractivity contribution < 1.29 is 14.6 Å². The summed E-state index contributed by atoms with van der Waals surface area (Å²) in [6.07, 6.45) is 3.95. The van der Waals surface area contributed by atoms with Crippen LogP contribution in [0.5, 0.6) is 0 Å². The molecule has 3 atom stereocenters. The molecule has 1 aliphatic carbocycles. The third-order valence-corrected chi connectivity index (χ3v) is 3.08. The van der Waals surface area contributed by atoms with Crippen LogP contribution in [0.25, 0.3) is 0 Å². The fraction of sp³-hybridized carbons (Fsp3) is 0.917. The molecule has 1 aliphatic rings. The zero-order valence-electron chi connectivity index (χ0n) is 9.90. The van der Waals surface area contributed by atoms with Gasteiger partial charge in [-0.3, -0.25) is 0 Å². The van der Waals surface area contributed by atoms with Gasteiger partial charge in [0.25, 0.3) is 0 Å². The Balaban J connectivity index is 2.46. The van der Waals surface area contributed by atoms with E-state index in [0.29, 0.717) is 5.92 Å². The van der Waals surface area contributed by atoms with Gasteiger partial charge in [0.2, 0.25) is 0 Å². The Morgan fingerprint density at radius 1 is 1.40 bits per heavy atom. The molecule has 0 aromatic heterocycles. The number of carboxylic acids is 1. The minimum atomic E-state index is -0.830. The fourth-order valence-electron chi connectivity index (χ4n) is 2.21. The molecule has 0 bridgehead atoms. The maximum atomic E-state index is 11.0. The number of aliphatic carboxylic acids is 1. The number of hydrogen-bond acceptors (Lipinski definition) is 2. The highest BCUT2D eigenvalue weighted by atomic mass is 16.5. The summed E-state index contributed by atoms with van der Waals surface area (Å²) >= 11 is 0. The van der Waals surface area contributed by atoms with Crippen molar-refractivity contribution >= 4 is 5.97 Å². The number of carboxylic acid groups (broad SMARTS) is 1. The average Bonchev–Trinajstić information content (AvgIpc) is 2.13. The molecule has 0 aliphatic heterocycles. The van der Waals surface area contributed by atoms with Crippen molar-refractivity contribution in [3.05, 3.63) is 0 Å². The maximum absolute atomic E-state index is 11.0. The predicted octanol–water partition coefficient (Wildman–Crippen LogP) is 2.69. The Hall–Kier alpha value is -0.570. The van der Waals surface area contributed by atoms with Gasteiger partial charge < -0.3 is 9.84 Å². The van der Waals surface area contributed by atoms with Crippen molar-refractivity contribution in [2.75, 3.05) is 0 Å². The summed E-state index contributed by atoms with van der Waals surface area (Å²) in [6, 6.07) is 0. The lowest BCUT2D eigenvalue weighted by Gasteiger charge is -2.30. The van der Waals surface area contributed by atoms with Crippen molar-refractivity contribution in [1.82, 2.24) is 0 Å². The molecule has 0 aromatic carbocycles. The summed E-state index contributed by atoms with van der Waals surface area (Å²) in [5.74, 6) is -0.117. The monoisotopic (exact) mass is 214 g/mol. The molecule has 1 N–H and O–H groups in total. The van der Waals surface area contributed by atoms with Crippen LogP contribution >= 0.6 is 0 Å². The van der Waals surface area contributed by atoms with Crippen LogP contribution in [0.1, 0.15) is 46.5 Å². The van der Waals surface area contributed by atoms with Crippen LogP contribution < -0.4 is 0 Å². The SMILES string of the molecule is CC1CCCC(OC(C(=O)O)C(C)C)C1. The van der Waals surface area contributed by atoms with E-state index in [2.05, 4.69) is 6.92 Å². The predicted molar refractivity (Wildman–Crippen MR) is 58.8 cm³/mol. The van der Waals surface area contributed by atoms with E-state index >= 15 is 0 Å². The van der Waals surface area contributed by atoms with E-state index in [9.17, 15) is 4.79 Å². The Morgan fingerprint density at radius 3 is 2.53 bits per heavy atom. The molecule has 0 spiro atoms. The van der Waals surface area contributed by atoms with Crippen molar-refractivity contribution in [1.29, 1.82) is 0 Å². The Bertz CT molecular complexity index is 213. The highest BCUT2D eigenvalue weighted by Gasteiger charge is 2.28. The van der Waals surface area contributed by atoms with E-state index in [1.54, 1.807) is 0 Å². The van der Waals surface area contributed by atoms with E-state index in [1.807, 2.05) is 13.8 Å². The van der Waals surface area contributed by atoms with Gasteiger partial charge in [-0.2, -0.15) is 0 Å². The summed E-state index contributed by atoms with van der Waals surface area (Å²) in [5, 5.41) is 9.02. The van der Waals surface area contributed by atoms with Gasteiger partial charge in [0, 0.05) is 0 Å². The molecular weight excluding hydrogens is 192 g/mol. The largest absolute Gasteiger partial charge is 0.479 e. The summed E-state index contributed by atoms with van der Waals surface area (Å²) < 4.78 is 5.69. The summed E-state index contributed by atoms with van der Waals surface area (Å²) in [4.78, 5) is 11.0. The molecule has 0 radical (unpaired) electrons. The van der Waals surface area contributed by atoms with Gasteiger partial charge in [-0.05, 0) is 24.7 Å². The average molecular weight is 214 g/mol. The molecule has 3 nitrogen and oxygen atoms in total. The zero-order valence-corrected chi connectivity index (χ0v) is 9.90.